The van der Waals surface area contributed by atoms with Gasteiger partial charge in [0.05, 0.1) is 16.1 Å². The number of hydrogen-bond donors (Lipinski definition) is 1. The molecule has 1 N–H and O–H groups in total. The number of nitrogens with zero attached hydrogens (tertiary/aromatic N) is 2. The highest BCUT2D eigenvalue weighted by molar-refractivity contribution is 6.36. The summed E-state index contributed by atoms with van der Waals surface area (Å²) in [5.41, 5.74) is 0.979. The molecule has 7 heteroatoms. The lowest BCUT2D eigenvalue weighted by Gasteiger charge is -2.00. The van der Waals surface area contributed by atoms with E-state index in [1.54, 1.807) is 36.4 Å². The number of carboxylic acids is 1. The molecule has 2 aromatic carbocycles. The lowest BCUT2D eigenvalue weighted by atomic mass is 10.1. The van der Waals surface area contributed by atoms with Crippen LogP contribution < -0.4 is 0 Å². The van der Waals surface area contributed by atoms with Crippen molar-refractivity contribution in [2.45, 2.75) is 0 Å². The predicted molar refractivity (Wildman–Crippen MR) is 82.1 cm³/mol. The van der Waals surface area contributed by atoms with Crippen molar-refractivity contribution in [1.29, 1.82) is 0 Å². The molecule has 0 amide bonds. The molecule has 0 aliphatic carbocycles. The van der Waals surface area contributed by atoms with Gasteiger partial charge < -0.3 is 9.63 Å². The topological polar surface area (TPSA) is 76.2 Å². The molecule has 0 unspecified atom stereocenters. The first-order chi connectivity index (χ1) is 10.6. The van der Waals surface area contributed by atoms with Gasteiger partial charge in [-0.05, 0) is 30.3 Å². The fourth-order valence-corrected chi connectivity index (χ4v) is 2.46. The number of benzene rings is 2. The number of rotatable bonds is 3. The quantitative estimate of drug-likeness (QED) is 0.767. The Morgan fingerprint density at radius 3 is 2.59 bits per heavy atom. The molecule has 22 heavy (non-hydrogen) atoms. The third kappa shape index (κ3) is 2.68. The minimum absolute atomic E-state index is 0.0832. The van der Waals surface area contributed by atoms with E-state index >= 15 is 0 Å². The zero-order valence-electron chi connectivity index (χ0n) is 11.0. The molecular weight excluding hydrogens is 327 g/mol. The second-order valence-electron chi connectivity index (χ2n) is 4.40. The van der Waals surface area contributed by atoms with E-state index in [9.17, 15) is 9.90 Å². The predicted octanol–water partition coefficient (Wildman–Crippen LogP) is 4.41. The van der Waals surface area contributed by atoms with E-state index in [4.69, 9.17) is 27.7 Å². The van der Waals surface area contributed by atoms with Crippen molar-refractivity contribution in [3.63, 3.8) is 0 Å². The summed E-state index contributed by atoms with van der Waals surface area (Å²) in [6.07, 6.45) is 0. The summed E-state index contributed by atoms with van der Waals surface area (Å²) in [4.78, 5) is 15.5. The van der Waals surface area contributed by atoms with Gasteiger partial charge in [-0.3, -0.25) is 0 Å². The number of hydrogen-bond acceptors (Lipinski definition) is 4. The highest BCUT2D eigenvalue weighted by atomic mass is 35.5. The van der Waals surface area contributed by atoms with Gasteiger partial charge in [-0.2, -0.15) is 4.98 Å². The van der Waals surface area contributed by atoms with Gasteiger partial charge in [0.15, 0.2) is 0 Å². The Morgan fingerprint density at radius 2 is 1.86 bits per heavy atom. The maximum absolute atomic E-state index is 11.2. The number of aromatic carboxylic acids is 1. The van der Waals surface area contributed by atoms with Crippen molar-refractivity contribution < 1.29 is 14.4 Å². The molecule has 1 aromatic heterocycles. The van der Waals surface area contributed by atoms with Gasteiger partial charge in [0, 0.05) is 10.6 Å². The van der Waals surface area contributed by atoms with Crippen LogP contribution in [-0.2, 0) is 0 Å². The Kier molecular flexibility index (Phi) is 3.83. The van der Waals surface area contributed by atoms with E-state index in [0.717, 1.165) is 0 Å². The first kappa shape index (κ1) is 14.6. The van der Waals surface area contributed by atoms with Gasteiger partial charge in [-0.25, -0.2) is 4.79 Å². The van der Waals surface area contributed by atoms with Crippen LogP contribution in [0, 0.1) is 0 Å². The minimum atomic E-state index is -1.07. The molecule has 1 heterocycles. The number of carbonyl (C=O) groups is 1. The van der Waals surface area contributed by atoms with Crippen LogP contribution in [-0.4, -0.2) is 21.2 Å². The van der Waals surface area contributed by atoms with Crippen molar-refractivity contribution in [2.24, 2.45) is 0 Å². The van der Waals surface area contributed by atoms with E-state index < -0.39 is 5.97 Å². The molecule has 0 saturated carbocycles. The number of aromatic nitrogens is 2. The Balaban J connectivity index is 2.07. The van der Waals surface area contributed by atoms with Crippen LogP contribution in [0.2, 0.25) is 10.0 Å². The average molecular weight is 335 g/mol. The highest BCUT2D eigenvalue weighted by Gasteiger charge is 2.18. The van der Waals surface area contributed by atoms with Crippen LogP contribution in [0.3, 0.4) is 0 Å². The van der Waals surface area contributed by atoms with E-state index in [2.05, 4.69) is 10.1 Å². The molecule has 3 aromatic rings. The maximum Gasteiger partial charge on any atom is 0.336 e. The standard InChI is InChI=1S/C15H8Cl2N2O3/c16-8-5-6-11(12(17)7-8)13-18-14(22-19-13)9-3-1-2-4-10(9)15(20)21/h1-7H,(H,20,21). The highest BCUT2D eigenvalue weighted by Crippen LogP contribution is 2.30. The summed E-state index contributed by atoms with van der Waals surface area (Å²) in [5, 5.41) is 13.9. The molecule has 0 saturated heterocycles. The second-order valence-corrected chi connectivity index (χ2v) is 5.24. The summed E-state index contributed by atoms with van der Waals surface area (Å²) in [7, 11) is 0. The summed E-state index contributed by atoms with van der Waals surface area (Å²) in [6.45, 7) is 0. The van der Waals surface area contributed by atoms with Gasteiger partial charge in [-0.15, -0.1) is 0 Å². The van der Waals surface area contributed by atoms with Gasteiger partial charge in [0.1, 0.15) is 0 Å². The first-order valence-corrected chi connectivity index (χ1v) is 6.93. The Labute approximate surface area is 135 Å². The van der Waals surface area contributed by atoms with Crippen LogP contribution in [0.25, 0.3) is 22.8 Å². The van der Waals surface area contributed by atoms with E-state index in [1.807, 2.05) is 0 Å². The zero-order valence-corrected chi connectivity index (χ0v) is 12.5. The van der Waals surface area contributed by atoms with Gasteiger partial charge in [0.2, 0.25) is 5.82 Å². The van der Waals surface area contributed by atoms with Gasteiger partial charge in [-0.1, -0.05) is 40.5 Å². The molecule has 0 bridgehead atoms. The first-order valence-electron chi connectivity index (χ1n) is 6.18. The molecule has 0 aliphatic heterocycles. The summed E-state index contributed by atoms with van der Waals surface area (Å²) >= 11 is 11.9. The molecule has 0 spiro atoms. The van der Waals surface area contributed by atoms with Crippen LogP contribution in [0.1, 0.15) is 10.4 Å². The Hall–Kier alpha value is -2.37. The lowest BCUT2D eigenvalue weighted by molar-refractivity contribution is 0.0697. The van der Waals surface area contributed by atoms with Crippen LogP contribution in [0.4, 0.5) is 0 Å². The normalized spacial score (nSPS) is 10.6. The molecule has 3 rings (SSSR count). The number of halogens is 2. The smallest absolute Gasteiger partial charge is 0.336 e. The SMILES string of the molecule is O=C(O)c1ccccc1-c1nc(-c2ccc(Cl)cc2Cl)no1. The van der Waals surface area contributed by atoms with Crippen LogP contribution in [0.15, 0.2) is 47.0 Å². The third-order valence-electron chi connectivity index (χ3n) is 2.99. The van der Waals surface area contributed by atoms with Gasteiger partial charge >= 0.3 is 5.97 Å². The largest absolute Gasteiger partial charge is 0.478 e. The summed E-state index contributed by atoms with van der Waals surface area (Å²) in [6, 6.07) is 11.3. The monoisotopic (exact) mass is 334 g/mol. The van der Waals surface area contributed by atoms with E-state index in [0.29, 0.717) is 21.2 Å². The van der Waals surface area contributed by atoms with E-state index in [-0.39, 0.29) is 17.3 Å². The van der Waals surface area contributed by atoms with Crippen molar-refractivity contribution in [2.75, 3.05) is 0 Å². The summed E-state index contributed by atoms with van der Waals surface area (Å²) in [5.74, 6) is -0.698. The molecule has 0 fully saturated rings. The lowest BCUT2D eigenvalue weighted by Crippen LogP contribution is -1.99. The van der Waals surface area contributed by atoms with Crippen molar-refractivity contribution in [1.82, 2.24) is 10.1 Å². The maximum atomic E-state index is 11.2. The average Bonchev–Trinajstić information content (AvgIpc) is 2.96. The number of carboxylic acid groups (broad SMARTS) is 1. The van der Waals surface area contributed by atoms with Crippen molar-refractivity contribution in [3.8, 4) is 22.8 Å². The van der Waals surface area contributed by atoms with E-state index in [1.165, 1.54) is 6.07 Å². The zero-order chi connectivity index (χ0) is 15.7. The fourth-order valence-electron chi connectivity index (χ4n) is 1.97. The van der Waals surface area contributed by atoms with Crippen molar-refractivity contribution in [3.05, 3.63) is 58.1 Å². The van der Waals surface area contributed by atoms with Crippen LogP contribution in [0.5, 0.6) is 0 Å². The minimum Gasteiger partial charge on any atom is -0.478 e. The Bertz CT molecular complexity index is 861. The third-order valence-corrected chi connectivity index (χ3v) is 3.53. The molecular formula is C15H8Cl2N2O3. The fraction of sp³-hybridized carbons (Fsp3) is 0. The van der Waals surface area contributed by atoms with Gasteiger partial charge in [0.25, 0.3) is 5.89 Å². The second kappa shape index (κ2) is 5.79. The molecule has 0 atom stereocenters. The Morgan fingerprint density at radius 1 is 1.09 bits per heavy atom. The van der Waals surface area contributed by atoms with Crippen LogP contribution >= 0.6 is 23.2 Å². The molecule has 110 valence electrons. The molecule has 0 aliphatic rings. The van der Waals surface area contributed by atoms with Crippen molar-refractivity contribution >= 4 is 29.2 Å². The molecule has 5 nitrogen and oxygen atoms in total. The summed E-state index contributed by atoms with van der Waals surface area (Å²) < 4.78 is 5.17. The molecule has 0 radical (unpaired) electrons.